The fraction of sp³-hybridized carbons (Fsp3) is 0.300. The molecular weight excluding hydrogens is 272 g/mol. The molecule has 0 radical (unpaired) electrons. The molecular formula is C20H20O2. The molecule has 0 heterocycles. The van der Waals surface area contributed by atoms with Crippen molar-refractivity contribution in [1.29, 1.82) is 0 Å². The van der Waals surface area contributed by atoms with E-state index >= 15 is 0 Å². The summed E-state index contributed by atoms with van der Waals surface area (Å²) in [5, 5.41) is 0. The van der Waals surface area contributed by atoms with Crippen LogP contribution in [0.15, 0.2) is 12.1 Å². The first-order valence-corrected chi connectivity index (χ1v) is 7.56. The van der Waals surface area contributed by atoms with Crippen molar-refractivity contribution >= 4 is 11.6 Å². The van der Waals surface area contributed by atoms with Gasteiger partial charge in [0.05, 0.1) is 0 Å². The van der Waals surface area contributed by atoms with Crippen LogP contribution in [-0.2, 0) is 0 Å². The Morgan fingerprint density at radius 1 is 0.500 bits per heavy atom. The highest BCUT2D eigenvalue weighted by Gasteiger charge is 2.35. The number of fused-ring (bicyclic) bond motifs is 3. The first kappa shape index (κ1) is 14.7. The first-order chi connectivity index (χ1) is 10.3. The summed E-state index contributed by atoms with van der Waals surface area (Å²) in [7, 11) is 0. The molecule has 2 aromatic carbocycles. The highest BCUT2D eigenvalue weighted by Crippen LogP contribution is 2.42. The number of benzene rings is 2. The van der Waals surface area contributed by atoms with Crippen LogP contribution in [0.4, 0.5) is 0 Å². The largest absolute Gasteiger partial charge is 0.285 e. The van der Waals surface area contributed by atoms with Crippen molar-refractivity contribution in [1.82, 2.24) is 0 Å². The Labute approximate surface area is 131 Å². The van der Waals surface area contributed by atoms with Gasteiger partial charge in [0.2, 0.25) is 11.6 Å². The molecule has 1 aliphatic carbocycles. The number of Topliss-reactive ketones (excluding diaryl/α,β-unsaturated/α-hetero) is 2. The Bertz CT molecular complexity index is 797. The molecule has 0 spiro atoms. The van der Waals surface area contributed by atoms with E-state index in [9.17, 15) is 9.59 Å². The van der Waals surface area contributed by atoms with Crippen molar-refractivity contribution in [2.75, 3.05) is 0 Å². The highest BCUT2D eigenvalue weighted by molar-refractivity contribution is 6.53. The van der Waals surface area contributed by atoms with E-state index < -0.39 is 0 Å². The van der Waals surface area contributed by atoms with Crippen LogP contribution in [0.25, 0.3) is 11.1 Å². The van der Waals surface area contributed by atoms with Crippen LogP contribution >= 0.6 is 0 Å². The molecule has 0 fully saturated rings. The summed E-state index contributed by atoms with van der Waals surface area (Å²) < 4.78 is 0. The van der Waals surface area contributed by atoms with Crippen molar-refractivity contribution in [3.05, 3.63) is 56.6 Å². The van der Waals surface area contributed by atoms with Crippen molar-refractivity contribution in [3.63, 3.8) is 0 Å². The number of ketones is 2. The Morgan fingerprint density at radius 2 is 0.818 bits per heavy atom. The van der Waals surface area contributed by atoms with Gasteiger partial charge in [0.15, 0.2) is 0 Å². The lowest BCUT2D eigenvalue weighted by atomic mass is 9.75. The lowest BCUT2D eigenvalue weighted by Gasteiger charge is -2.26. The fourth-order valence-corrected chi connectivity index (χ4v) is 3.61. The zero-order valence-corrected chi connectivity index (χ0v) is 14.0. The van der Waals surface area contributed by atoms with Gasteiger partial charge in [-0.2, -0.15) is 0 Å². The van der Waals surface area contributed by atoms with Crippen LogP contribution in [0.3, 0.4) is 0 Å². The highest BCUT2D eigenvalue weighted by atomic mass is 16.2. The molecule has 0 amide bonds. The molecule has 3 rings (SSSR count). The van der Waals surface area contributed by atoms with Gasteiger partial charge in [0.25, 0.3) is 0 Å². The monoisotopic (exact) mass is 292 g/mol. The second-order valence-electron chi connectivity index (χ2n) is 6.43. The lowest BCUT2D eigenvalue weighted by molar-refractivity contribution is 0.0814. The second kappa shape index (κ2) is 4.64. The summed E-state index contributed by atoms with van der Waals surface area (Å²) in [6.45, 7) is 12.0. The molecule has 1 aliphatic rings. The number of aryl methyl sites for hydroxylation is 4. The van der Waals surface area contributed by atoms with Crippen LogP contribution in [-0.4, -0.2) is 11.6 Å². The van der Waals surface area contributed by atoms with E-state index in [4.69, 9.17) is 0 Å². The predicted octanol–water partition coefficient (Wildman–Crippen LogP) is 4.58. The molecule has 2 nitrogen and oxygen atoms in total. The van der Waals surface area contributed by atoms with E-state index in [0.29, 0.717) is 11.1 Å². The number of hydrogen-bond acceptors (Lipinski definition) is 2. The number of rotatable bonds is 0. The maximum atomic E-state index is 12.7. The van der Waals surface area contributed by atoms with E-state index in [1.807, 2.05) is 39.8 Å². The Hall–Kier alpha value is -2.22. The van der Waals surface area contributed by atoms with Crippen LogP contribution in [0.1, 0.15) is 54.1 Å². The topological polar surface area (TPSA) is 34.1 Å². The van der Waals surface area contributed by atoms with E-state index in [-0.39, 0.29) is 11.6 Å². The van der Waals surface area contributed by atoms with Gasteiger partial charge in [-0.05, 0) is 86.1 Å². The van der Waals surface area contributed by atoms with Gasteiger partial charge in [-0.1, -0.05) is 12.1 Å². The molecule has 0 atom stereocenters. The minimum atomic E-state index is -0.366. The van der Waals surface area contributed by atoms with Gasteiger partial charge in [-0.25, -0.2) is 0 Å². The smallest absolute Gasteiger partial charge is 0.234 e. The molecule has 0 saturated heterocycles. The van der Waals surface area contributed by atoms with Crippen molar-refractivity contribution in [3.8, 4) is 11.1 Å². The summed E-state index contributed by atoms with van der Waals surface area (Å²) in [6, 6.07) is 4.00. The van der Waals surface area contributed by atoms with Gasteiger partial charge >= 0.3 is 0 Å². The third-order valence-electron chi connectivity index (χ3n) is 5.00. The molecule has 0 unspecified atom stereocenters. The van der Waals surface area contributed by atoms with Crippen LogP contribution in [0.2, 0.25) is 0 Å². The van der Waals surface area contributed by atoms with Gasteiger partial charge in [-0.15, -0.1) is 0 Å². The van der Waals surface area contributed by atoms with Gasteiger partial charge in [0.1, 0.15) is 0 Å². The van der Waals surface area contributed by atoms with Crippen molar-refractivity contribution < 1.29 is 9.59 Å². The zero-order chi connectivity index (χ0) is 16.3. The van der Waals surface area contributed by atoms with Crippen LogP contribution in [0.5, 0.6) is 0 Å². The van der Waals surface area contributed by atoms with E-state index in [0.717, 1.165) is 44.5 Å². The number of carbonyl (C=O) groups is 2. The lowest BCUT2D eigenvalue weighted by Crippen LogP contribution is -2.25. The maximum Gasteiger partial charge on any atom is 0.234 e. The van der Waals surface area contributed by atoms with Gasteiger partial charge < -0.3 is 0 Å². The SMILES string of the molecule is Cc1cc(C)c2c(c1C)-c1c(C)c(C)cc(C)c1C(=O)C2=O. The van der Waals surface area contributed by atoms with E-state index in [1.165, 1.54) is 0 Å². The standard InChI is InChI=1S/C20H20O2/c1-9-7-11(3)15-17(13(9)5)18-14(6)10(2)8-12(4)16(18)20(22)19(15)21/h7-8H,1-6H3. The average Bonchev–Trinajstić information content (AvgIpc) is 2.44. The molecule has 22 heavy (non-hydrogen) atoms. The molecule has 0 saturated carbocycles. The molecule has 0 aromatic heterocycles. The predicted molar refractivity (Wildman–Crippen MR) is 89.0 cm³/mol. The fourth-order valence-electron chi connectivity index (χ4n) is 3.61. The minimum absolute atomic E-state index is 0.366. The average molecular weight is 292 g/mol. The summed E-state index contributed by atoms with van der Waals surface area (Å²) in [6.07, 6.45) is 0. The van der Waals surface area contributed by atoms with Crippen LogP contribution in [0, 0.1) is 41.5 Å². The summed E-state index contributed by atoms with van der Waals surface area (Å²) in [4.78, 5) is 25.3. The molecule has 112 valence electrons. The van der Waals surface area contributed by atoms with Gasteiger partial charge in [0, 0.05) is 11.1 Å². The minimum Gasteiger partial charge on any atom is -0.285 e. The maximum absolute atomic E-state index is 12.7. The molecule has 2 heteroatoms. The van der Waals surface area contributed by atoms with E-state index in [2.05, 4.69) is 13.8 Å². The normalized spacial score (nSPS) is 13.2. The summed E-state index contributed by atoms with van der Waals surface area (Å²) in [5.41, 5.74) is 9.38. The van der Waals surface area contributed by atoms with Crippen LogP contribution < -0.4 is 0 Å². The Kier molecular flexibility index (Phi) is 3.10. The molecule has 0 bridgehead atoms. The van der Waals surface area contributed by atoms with Crippen molar-refractivity contribution in [2.24, 2.45) is 0 Å². The Morgan fingerprint density at radius 3 is 1.14 bits per heavy atom. The summed E-state index contributed by atoms with van der Waals surface area (Å²) in [5.74, 6) is -0.732. The number of carbonyl (C=O) groups excluding carboxylic acids is 2. The summed E-state index contributed by atoms with van der Waals surface area (Å²) >= 11 is 0. The first-order valence-electron chi connectivity index (χ1n) is 7.56. The molecule has 0 N–H and O–H groups in total. The molecule has 0 aliphatic heterocycles. The zero-order valence-electron chi connectivity index (χ0n) is 14.0. The third-order valence-corrected chi connectivity index (χ3v) is 5.00. The third kappa shape index (κ3) is 1.73. The molecule has 2 aromatic rings. The van der Waals surface area contributed by atoms with E-state index in [1.54, 1.807) is 0 Å². The quantitative estimate of drug-likeness (QED) is 0.666. The van der Waals surface area contributed by atoms with Gasteiger partial charge in [-0.3, -0.25) is 9.59 Å². The second-order valence-corrected chi connectivity index (χ2v) is 6.43. The Balaban J connectivity index is 2.60. The van der Waals surface area contributed by atoms with Crippen molar-refractivity contribution in [2.45, 2.75) is 41.5 Å². The number of hydrogen-bond donors (Lipinski definition) is 0.